The first kappa shape index (κ1) is 21.0. The molecule has 162 valence electrons. The molecule has 2 aromatic rings. The first-order valence-electron chi connectivity index (χ1n) is 10.7. The number of hydrogen-bond donors (Lipinski definition) is 1. The smallest absolute Gasteiger partial charge is 0.410 e. The number of hydrogen-bond acceptors (Lipinski definition) is 4. The van der Waals surface area contributed by atoms with Crippen molar-refractivity contribution in [1.29, 1.82) is 0 Å². The number of fused-ring (bicyclic) bond motifs is 3. The van der Waals surface area contributed by atoms with E-state index in [2.05, 4.69) is 40.6 Å². The van der Waals surface area contributed by atoms with Gasteiger partial charge in [-0.1, -0.05) is 48.6 Å². The van der Waals surface area contributed by atoms with Gasteiger partial charge < -0.3 is 19.9 Å². The molecule has 0 radical (unpaired) electrons. The van der Waals surface area contributed by atoms with Crippen LogP contribution in [0.1, 0.15) is 38.3 Å². The number of nitrogens with one attached hydrogen (secondary N) is 1. The lowest BCUT2D eigenvalue weighted by Gasteiger charge is -2.42. The number of anilines is 2. The van der Waals surface area contributed by atoms with E-state index in [1.165, 1.54) is 0 Å². The van der Waals surface area contributed by atoms with Crippen LogP contribution in [-0.2, 0) is 9.53 Å². The molecule has 2 amide bonds. The van der Waals surface area contributed by atoms with Gasteiger partial charge in [0.1, 0.15) is 5.60 Å². The van der Waals surface area contributed by atoms with E-state index in [0.29, 0.717) is 26.1 Å². The van der Waals surface area contributed by atoms with Crippen molar-refractivity contribution in [2.24, 2.45) is 0 Å². The lowest BCUT2D eigenvalue weighted by molar-refractivity contribution is -0.116. The van der Waals surface area contributed by atoms with Gasteiger partial charge in [-0.15, -0.1) is 0 Å². The molecule has 6 nitrogen and oxygen atoms in total. The standard InChI is InChI=1S/C25H29N3O3/c1-25(2,3)31-24(30)27-13-14-28-20(17-27)16-23(29)26-21-12-11-19(15-22(21)28)10-9-18-7-5-4-6-8-18/h4-12,15,20H,13-14,16-17H2,1-3H3,(H,26,29)/b10-9+. The predicted molar refractivity (Wildman–Crippen MR) is 124 cm³/mol. The molecule has 2 aliphatic rings. The molecule has 0 aromatic heterocycles. The summed E-state index contributed by atoms with van der Waals surface area (Å²) in [6, 6.07) is 16.1. The van der Waals surface area contributed by atoms with Crippen LogP contribution < -0.4 is 10.2 Å². The van der Waals surface area contributed by atoms with Gasteiger partial charge in [0.05, 0.1) is 17.4 Å². The summed E-state index contributed by atoms with van der Waals surface area (Å²) in [5.41, 5.74) is 3.47. The number of nitrogens with zero attached hydrogens (tertiary/aromatic N) is 2. The molecule has 2 aromatic carbocycles. The normalized spacial score (nSPS) is 18.8. The fourth-order valence-electron chi connectivity index (χ4n) is 4.01. The maximum atomic E-state index is 12.6. The van der Waals surface area contributed by atoms with E-state index in [-0.39, 0.29) is 18.0 Å². The van der Waals surface area contributed by atoms with Crippen molar-refractivity contribution in [2.75, 3.05) is 29.9 Å². The van der Waals surface area contributed by atoms with E-state index in [9.17, 15) is 9.59 Å². The monoisotopic (exact) mass is 419 g/mol. The number of carbonyl (C=O) groups excluding carboxylic acids is 2. The molecule has 2 heterocycles. The van der Waals surface area contributed by atoms with Crippen molar-refractivity contribution in [3.63, 3.8) is 0 Å². The average molecular weight is 420 g/mol. The van der Waals surface area contributed by atoms with Gasteiger partial charge in [-0.25, -0.2) is 4.79 Å². The molecule has 0 bridgehead atoms. The Kier molecular flexibility index (Phi) is 5.72. The van der Waals surface area contributed by atoms with E-state index in [1.54, 1.807) is 4.90 Å². The molecule has 0 saturated carbocycles. The van der Waals surface area contributed by atoms with Crippen molar-refractivity contribution >= 4 is 35.5 Å². The molecule has 31 heavy (non-hydrogen) atoms. The molecule has 2 aliphatic heterocycles. The van der Waals surface area contributed by atoms with E-state index < -0.39 is 5.60 Å². The zero-order valence-corrected chi connectivity index (χ0v) is 18.3. The van der Waals surface area contributed by atoms with Crippen molar-refractivity contribution in [2.45, 2.75) is 38.8 Å². The second-order valence-corrected chi connectivity index (χ2v) is 9.05. The Bertz CT molecular complexity index is 995. The van der Waals surface area contributed by atoms with Crippen LogP contribution in [0.25, 0.3) is 12.2 Å². The SMILES string of the molecule is CC(C)(C)OC(=O)N1CCN2c3cc(/C=C/c4ccccc4)ccc3NC(=O)CC2C1. The summed E-state index contributed by atoms with van der Waals surface area (Å²) >= 11 is 0. The molecule has 1 N–H and O–H groups in total. The highest BCUT2D eigenvalue weighted by atomic mass is 16.6. The largest absolute Gasteiger partial charge is 0.444 e. The Labute approximate surface area is 183 Å². The van der Waals surface area contributed by atoms with Crippen LogP contribution in [0.15, 0.2) is 48.5 Å². The minimum Gasteiger partial charge on any atom is -0.444 e. The third-order valence-electron chi connectivity index (χ3n) is 5.43. The molecule has 1 fully saturated rings. The second-order valence-electron chi connectivity index (χ2n) is 9.05. The zero-order valence-electron chi connectivity index (χ0n) is 18.3. The van der Waals surface area contributed by atoms with Crippen LogP contribution in [0, 0.1) is 0 Å². The van der Waals surface area contributed by atoms with E-state index in [0.717, 1.165) is 22.5 Å². The van der Waals surface area contributed by atoms with E-state index >= 15 is 0 Å². The number of carbonyl (C=O) groups is 2. The third kappa shape index (κ3) is 5.08. The number of amides is 2. The Morgan fingerprint density at radius 1 is 1.06 bits per heavy atom. The van der Waals surface area contributed by atoms with Crippen molar-refractivity contribution in [3.8, 4) is 0 Å². The lowest BCUT2D eigenvalue weighted by Crippen LogP contribution is -2.55. The maximum Gasteiger partial charge on any atom is 0.410 e. The molecular formula is C25H29N3O3. The van der Waals surface area contributed by atoms with Crippen molar-refractivity contribution < 1.29 is 14.3 Å². The molecule has 1 saturated heterocycles. The summed E-state index contributed by atoms with van der Waals surface area (Å²) in [4.78, 5) is 29.0. The quantitative estimate of drug-likeness (QED) is 0.722. The highest BCUT2D eigenvalue weighted by Gasteiger charge is 2.36. The molecule has 1 atom stereocenters. The van der Waals surface area contributed by atoms with Crippen LogP contribution >= 0.6 is 0 Å². The number of rotatable bonds is 2. The topological polar surface area (TPSA) is 61.9 Å². The van der Waals surface area contributed by atoms with Gasteiger partial charge >= 0.3 is 6.09 Å². The van der Waals surface area contributed by atoms with Gasteiger partial charge in [-0.05, 0) is 44.0 Å². The summed E-state index contributed by atoms with van der Waals surface area (Å²) in [5, 5.41) is 3.02. The average Bonchev–Trinajstić information content (AvgIpc) is 2.86. The summed E-state index contributed by atoms with van der Waals surface area (Å²) in [5.74, 6) is -0.0348. The Hall–Kier alpha value is -3.28. The highest BCUT2D eigenvalue weighted by Crippen LogP contribution is 2.34. The second kappa shape index (κ2) is 8.46. The highest BCUT2D eigenvalue weighted by molar-refractivity contribution is 5.97. The minimum absolute atomic E-state index is 0.0348. The third-order valence-corrected chi connectivity index (χ3v) is 5.43. The minimum atomic E-state index is -0.540. The Morgan fingerprint density at radius 2 is 1.81 bits per heavy atom. The zero-order chi connectivity index (χ0) is 22.0. The van der Waals surface area contributed by atoms with E-state index in [1.807, 2.05) is 51.1 Å². The number of benzene rings is 2. The van der Waals surface area contributed by atoms with Crippen molar-refractivity contribution in [3.05, 3.63) is 59.7 Å². The van der Waals surface area contributed by atoms with Gasteiger partial charge in [0.15, 0.2) is 0 Å². The first-order chi connectivity index (χ1) is 14.8. The lowest BCUT2D eigenvalue weighted by atomic mass is 10.1. The van der Waals surface area contributed by atoms with Gasteiger partial charge in [0.25, 0.3) is 0 Å². The van der Waals surface area contributed by atoms with Gasteiger partial charge in [-0.2, -0.15) is 0 Å². The fraction of sp³-hybridized carbons (Fsp3) is 0.360. The molecule has 0 spiro atoms. The maximum absolute atomic E-state index is 12.6. The fourth-order valence-corrected chi connectivity index (χ4v) is 4.01. The molecule has 1 unspecified atom stereocenters. The molecule has 0 aliphatic carbocycles. The predicted octanol–water partition coefficient (Wildman–Crippen LogP) is 4.62. The first-order valence-corrected chi connectivity index (χ1v) is 10.7. The molecular weight excluding hydrogens is 390 g/mol. The van der Waals surface area contributed by atoms with Crippen LogP contribution in [0.2, 0.25) is 0 Å². The van der Waals surface area contributed by atoms with Crippen LogP contribution in [0.4, 0.5) is 16.2 Å². The Morgan fingerprint density at radius 3 is 2.55 bits per heavy atom. The Balaban J connectivity index is 1.56. The molecule has 4 rings (SSSR count). The van der Waals surface area contributed by atoms with Gasteiger partial charge in [0, 0.05) is 26.1 Å². The van der Waals surface area contributed by atoms with Gasteiger partial charge in [0.2, 0.25) is 5.91 Å². The summed E-state index contributed by atoms with van der Waals surface area (Å²) in [7, 11) is 0. The van der Waals surface area contributed by atoms with Crippen LogP contribution in [0.5, 0.6) is 0 Å². The van der Waals surface area contributed by atoms with E-state index in [4.69, 9.17) is 4.74 Å². The molecule has 6 heteroatoms. The number of piperazine rings is 1. The summed E-state index contributed by atoms with van der Waals surface area (Å²) in [6.45, 7) is 7.26. The van der Waals surface area contributed by atoms with Crippen LogP contribution in [-0.4, -0.2) is 48.2 Å². The van der Waals surface area contributed by atoms with Gasteiger partial charge in [-0.3, -0.25) is 4.79 Å². The summed E-state index contributed by atoms with van der Waals surface area (Å²) < 4.78 is 5.54. The summed E-state index contributed by atoms with van der Waals surface area (Å²) in [6.07, 6.45) is 4.17. The van der Waals surface area contributed by atoms with Crippen LogP contribution in [0.3, 0.4) is 0 Å². The number of ether oxygens (including phenoxy) is 1. The van der Waals surface area contributed by atoms with Crippen molar-refractivity contribution in [1.82, 2.24) is 4.90 Å².